The first-order valence-electron chi connectivity index (χ1n) is 7.76. The summed E-state index contributed by atoms with van der Waals surface area (Å²) in [5, 5.41) is 10.5. The van der Waals surface area contributed by atoms with E-state index in [4.69, 9.17) is 0 Å². The Morgan fingerprint density at radius 2 is 2.04 bits per heavy atom. The molecule has 3 rings (SSSR count). The standard InChI is InChI=1S/C16H19N5O2S/c1-9-18-11-6-5-7-12(13(11)24-9)19(2)14-10(8-17)15(22)21(4)16(23)20(14)3/h12H,5-7H2,1-4H3. The predicted molar refractivity (Wildman–Crippen MR) is 92.6 cm³/mol. The Bertz CT molecular complexity index is 963. The second-order valence-corrected chi connectivity index (χ2v) is 7.31. The molecule has 24 heavy (non-hydrogen) atoms. The molecule has 2 aromatic rings. The van der Waals surface area contributed by atoms with E-state index in [2.05, 4.69) is 4.98 Å². The molecule has 1 aliphatic rings. The Kier molecular flexibility index (Phi) is 4.05. The fourth-order valence-electron chi connectivity index (χ4n) is 3.38. The van der Waals surface area contributed by atoms with Crippen LogP contribution in [0.4, 0.5) is 5.82 Å². The summed E-state index contributed by atoms with van der Waals surface area (Å²) in [6.45, 7) is 1.98. The average molecular weight is 345 g/mol. The predicted octanol–water partition coefficient (Wildman–Crippen LogP) is 1.23. The number of aryl methyl sites for hydroxylation is 2. The number of thiazole rings is 1. The fourth-order valence-corrected chi connectivity index (χ4v) is 4.53. The third-order valence-corrected chi connectivity index (χ3v) is 5.69. The zero-order chi connectivity index (χ0) is 17.6. The van der Waals surface area contributed by atoms with E-state index < -0.39 is 11.2 Å². The molecule has 0 bridgehead atoms. The third-order valence-electron chi connectivity index (χ3n) is 4.58. The van der Waals surface area contributed by atoms with Crippen molar-refractivity contribution >= 4 is 17.2 Å². The summed E-state index contributed by atoms with van der Waals surface area (Å²) in [5.74, 6) is 0.370. The van der Waals surface area contributed by atoms with Gasteiger partial charge in [0.25, 0.3) is 5.56 Å². The number of hydrogen-bond acceptors (Lipinski definition) is 6. The van der Waals surface area contributed by atoms with Crippen molar-refractivity contribution in [3.8, 4) is 6.07 Å². The Morgan fingerprint density at radius 3 is 2.71 bits per heavy atom. The summed E-state index contributed by atoms with van der Waals surface area (Å²) < 4.78 is 2.35. The highest BCUT2D eigenvalue weighted by atomic mass is 32.1. The van der Waals surface area contributed by atoms with Gasteiger partial charge in [0, 0.05) is 21.1 Å². The minimum atomic E-state index is -0.557. The summed E-state index contributed by atoms with van der Waals surface area (Å²) >= 11 is 1.65. The van der Waals surface area contributed by atoms with E-state index in [9.17, 15) is 14.9 Å². The summed E-state index contributed by atoms with van der Waals surface area (Å²) in [5.41, 5.74) is 0.0970. The summed E-state index contributed by atoms with van der Waals surface area (Å²) in [6, 6.07) is 1.99. The molecule has 0 saturated carbocycles. The first kappa shape index (κ1) is 16.5. The van der Waals surface area contributed by atoms with Crippen LogP contribution >= 0.6 is 11.3 Å². The van der Waals surface area contributed by atoms with Gasteiger partial charge < -0.3 is 4.90 Å². The maximum Gasteiger partial charge on any atom is 0.332 e. The molecule has 1 atom stereocenters. The van der Waals surface area contributed by atoms with Gasteiger partial charge in [-0.3, -0.25) is 13.9 Å². The smallest absolute Gasteiger partial charge is 0.332 e. The van der Waals surface area contributed by atoms with Crippen molar-refractivity contribution in [2.24, 2.45) is 14.1 Å². The van der Waals surface area contributed by atoms with Gasteiger partial charge in [-0.25, -0.2) is 9.78 Å². The molecule has 0 radical (unpaired) electrons. The molecule has 2 heterocycles. The molecule has 0 aromatic carbocycles. The number of hydrogen-bond donors (Lipinski definition) is 0. The molecule has 2 aromatic heterocycles. The first-order valence-corrected chi connectivity index (χ1v) is 8.57. The lowest BCUT2D eigenvalue weighted by Crippen LogP contribution is -2.42. The molecule has 0 fully saturated rings. The topological polar surface area (TPSA) is 83.9 Å². The van der Waals surface area contributed by atoms with Gasteiger partial charge in [0.2, 0.25) is 0 Å². The molecular formula is C16H19N5O2S. The van der Waals surface area contributed by atoms with Crippen molar-refractivity contribution in [2.45, 2.75) is 32.2 Å². The lowest BCUT2D eigenvalue weighted by atomic mass is 9.97. The van der Waals surface area contributed by atoms with Crippen LogP contribution in [0.15, 0.2) is 9.59 Å². The molecule has 126 valence electrons. The van der Waals surface area contributed by atoms with E-state index in [1.807, 2.05) is 24.9 Å². The monoisotopic (exact) mass is 345 g/mol. The van der Waals surface area contributed by atoms with Crippen LogP contribution in [0.5, 0.6) is 0 Å². The Labute approximate surface area is 143 Å². The zero-order valence-corrected chi connectivity index (χ0v) is 15.0. The number of fused-ring (bicyclic) bond motifs is 1. The molecule has 0 amide bonds. The Balaban J connectivity index is 2.19. The van der Waals surface area contributed by atoms with E-state index >= 15 is 0 Å². The van der Waals surface area contributed by atoms with E-state index in [0.29, 0.717) is 5.82 Å². The van der Waals surface area contributed by atoms with Gasteiger partial charge in [0.1, 0.15) is 11.9 Å². The molecule has 0 N–H and O–H groups in total. The molecule has 0 aliphatic heterocycles. The second kappa shape index (κ2) is 5.91. The van der Waals surface area contributed by atoms with Gasteiger partial charge in [0.15, 0.2) is 5.56 Å². The van der Waals surface area contributed by atoms with Crippen molar-refractivity contribution in [1.29, 1.82) is 5.26 Å². The summed E-state index contributed by atoms with van der Waals surface area (Å²) in [6.07, 6.45) is 2.84. The maximum atomic E-state index is 12.3. The lowest BCUT2D eigenvalue weighted by molar-refractivity contribution is 0.533. The number of nitriles is 1. The molecule has 7 nitrogen and oxygen atoms in total. The molecule has 0 spiro atoms. The van der Waals surface area contributed by atoms with Crippen LogP contribution in [0.25, 0.3) is 0 Å². The fraction of sp³-hybridized carbons (Fsp3) is 0.500. The van der Waals surface area contributed by atoms with Crippen LogP contribution in [0.2, 0.25) is 0 Å². The summed E-state index contributed by atoms with van der Waals surface area (Å²) in [7, 11) is 4.82. The van der Waals surface area contributed by atoms with Crippen LogP contribution in [0.3, 0.4) is 0 Å². The van der Waals surface area contributed by atoms with Gasteiger partial charge in [0.05, 0.1) is 21.6 Å². The lowest BCUT2D eigenvalue weighted by Gasteiger charge is -2.33. The van der Waals surface area contributed by atoms with Crippen molar-refractivity contribution in [3.63, 3.8) is 0 Å². The van der Waals surface area contributed by atoms with E-state index in [1.54, 1.807) is 18.4 Å². The van der Waals surface area contributed by atoms with Crippen molar-refractivity contribution in [3.05, 3.63) is 42.0 Å². The normalized spacial score (nSPS) is 16.5. The van der Waals surface area contributed by atoms with Gasteiger partial charge >= 0.3 is 5.69 Å². The highest BCUT2D eigenvalue weighted by Gasteiger charge is 2.30. The van der Waals surface area contributed by atoms with E-state index in [1.165, 1.54) is 16.5 Å². The zero-order valence-electron chi connectivity index (χ0n) is 14.2. The van der Waals surface area contributed by atoms with Gasteiger partial charge in [-0.2, -0.15) is 5.26 Å². The van der Waals surface area contributed by atoms with Gasteiger partial charge in [-0.1, -0.05) is 0 Å². The van der Waals surface area contributed by atoms with Crippen LogP contribution in [-0.4, -0.2) is 21.2 Å². The van der Waals surface area contributed by atoms with E-state index in [-0.39, 0.29) is 11.6 Å². The SMILES string of the molecule is Cc1nc2c(s1)C(N(C)c1c(C#N)c(=O)n(C)c(=O)n1C)CCC2. The largest absolute Gasteiger partial charge is 0.352 e. The Hall–Kier alpha value is -2.40. The second-order valence-electron chi connectivity index (χ2n) is 6.08. The van der Waals surface area contributed by atoms with Gasteiger partial charge in [-0.05, 0) is 26.2 Å². The first-order chi connectivity index (χ1) is 11.4. The minimum Gasteiger partial charge on any atom is -0.352 e. The number of rotatable bonds is 2. The van der Waals surface area contributed by atoms with Crippen molar-refractivity contribution in [2.75, 3.05) is 11.9 Å². The molecule has 0 saturated heterocycles. The molecule has 8 heteroatoms. The maximum absolute atomic E-state index is 12.3. The quantitative estimate of drug-likeness (QED) is 0.817. The van der Waals surface area contributed by atoms with Crippen LogP contribution in [0, 0.1) is 18.3 Å². The average Bonchev–Trinajstić information content (AvgIpc) is 2.95. The molecule has 1 unspecified atom stereocenters. The molecular weight excluding hydrogens is 326 g/mol. The van der Waals surface area contributed by atoms with Crippen molar-refractivity contribution in [1.82, 2.24) is 14.1 Å². The molecule has 1 aliphatic carbocycles. The highest BCUT2D eigenvalue weighted by Crippen LogP contribution is 2.39. The van der Waals surface area contributed by atoms with Gasteiger partial charge in [-0.15, -0.1) is 11.3 Å². The minimum absolute atomic E-state index is 0.00420. The van der Waals surface area contributed by atoms with Crippen molar-refractivity contribution < 1.29 is 0 Å². The van der Waals surface area contributed by atoms with E-state index in [0.717, 1.165) is 34.5 Å². The number of nitrogens with zero attached hydrogens (tertiary/aromatic N) is 5. The van der Waals surface area contributed by atoms with Crippen LogP contribution in [-0.2, 0) is 20.5 Å². The highest BCUT2D eigenvalue weighted by molar-refractivity contribution is 7.11. The Morgan fingerprint density at radius 1 is 1.33 bits per heavy atom. The number of anilines is 1. The summed E-state index contributed by atoms with van der Waals surface area (Å²) in [4.78, 5) is 32.3. The van der Waals surface area contributed by atoms with Crippen LogP contribution < -0.4 is 16.1 Å². The van der Waals surface area contributed by atoms with Crippen LogP contribution in [0.1, 0.15) is 40.0 Å². The third kappa shape index (κ3) is 2.36. The number of aromatic nitrogens is 3.